The maximum absolute atomic E-state index is 5.29. The quantitative estimate of drug-likeness (QED) is 0.706. The van der Waals surface area contributed by atoms with Gasteiger partial charge in [0, 0.05) is 6.61 Å². The summed E-state index contributed by atoms with van der Waals surface area (Å²) < 4.78 is 5.67. The monoisotopic (exact) mass is 258 g/mol. The van der Waals surface area contributed by atoms with Gasteiger partial charge in [0.05, 0.1) is 9.84 Å². The molecule has 0 aromatic rings. The van der Waals surface area contributed by atoms with Crippen molar-refractivity contribution in [1.82, 2.24) is 0 Å². The minimum atomic E-state index is 0.346. The lowest BCUT2D eigenvalue weighted by Crippen LogP contribution is -2.10. The molecule has 0 amide bonds. The largest absolute Gasteiger partial charge is 0.379 e. The highest BCUT2D eigenvalue weighted by Crippen LogP contribution is 2.15. The van der Waals surface area contributed by atoms with E-state index in [4.69, 9.17) is 4.74 Å². The van der Waals surface area contributed by atoms with Crippen LogP contribution in [0.15, 0.2) is 0 Å². The minimum absolute atomic E-state index is 0.346. The zero-order valence-corrected chi connectivity index (χ0v) is 8.91. The van der Waals surface area contributed by atoms with E-state index in [1.807, 2.05) is 6.92 Å². The highest BCUT2D eigenvalue weighted by molar-refractivity contribution is 9.24. The van der Waals surface area contributed by atoms with Crippen LogP contribution in [0.1, 0.15) is 20.3 Å². The van der Waals surface area contributed by atoms with Crippen LogP contribution in [-0.2, 0) is 4.74 Å². The summed E-state index contributed by atoms with van der Waals surface area (Å²) >= 11 is 6.76. The average molecular weight is 260 g/mol. The van der Waals surface area contributed by atoms with Crippen molar-refractivity contribution in [1.29, 1.82) is 0 Å². The molecule has 0 rings (SSSR count). The van der Waals surface area contributed by atoms with E-state index in [1.54, 1.807) is 0 Å². The smallest absolute Gasteiger partial charge is 0.0722 e. The fourth-order valence-electron chi connectivity index (χ4n) is 0.603. The molecule has 9 heavy (non-hydrogen) atoms. The molecule has 0 heterocycles. The maximum atomic E-state index is 5.29. The van der Waals surface area contributed by atoms with Crippen molar-refractivity contribution in [3.05, 3.63) is 0 Å². The standard InChI is InChI=1S/C6H12Br2O/c1-3-9-5(2)4-6(7)8/h5-6H,3-4H2,1-2H3. The molecule has 3 heteroatoms. The number of hydrogen-bond acceptors (Lipinski definition) is 1. The van der Waals surface area contributed by atoms with Crippen LogP contribution in [0, 0.1) is 0 Å². The lowest BCUT2D eigenvalue weighted by molar-refractivity contribution is 0.0740. The molecule has 0 saturated carbocycles. The van der Waals surface area contributed by atoms with Crippen LogP contribution in [0.5, 0.6) is 0 Å². The third-order valence-corrected chi connectivity index (χ3v) is 1.71. The van der Waals surface area contributed by atoms with Crippen LogP contribution in [0.2, 0.25) is 0 Å². The van der Waals surface area contributed by atoms with Gasteiger partial charge in [-0.05, 0) is 20.3 Å². The average Bonchev–Trinajstić information content (AvgIpc) is 1.63. The molecule has 0 saturated heterocycles. The van der Waals surface area contributed by atoms with E-state index in [9.17, 15) is 0 Å². The van der Waals surface area contributed by atoms with Crippen molar-refractivity contribution in [3.8, 4) is 0 Å². The zero-order valence-electron chi connectivity index (χ0n) is 5.73. The third-order valence-electron chi connectivity index (χ3n) is 0.961. The van der Waals surface area contributed by atoms with E-state index in [0.717, 1.165) is 13.0 Å². The first kappa shape index (κ1) is 9.92. The van der Waals surface area contributed by atoms with E-state index < -0.39 is 0 Å². The normalized spacial score (nSPS) is 14.3. The SMILES string of the molecule is CCOC(C)CC(Br)Br. The first-order chi connectivity index (χ1) is 4.16. The second kappa shape index (κ2) is 5.69. The van der Waals surface area contributed by atoms with Gasteiger partial charge in [-0.25, -0.2) is 0 Å². The van der Waals surface area contributed by atoms with Crippen molar-refractivity contribution >= 4 is 31.9 Å². The van der Waals surface area contributed by atoms with Gasteiger partial charge in [0.2, 0.25) is 0 Å². The van der Waals surface area contributed by atoms with Crippen LogP contribution in [0.4, 0.5) is 0 Å². The Morgan fingerprint density at radius 3 is 2.33 bits per heavy atom. The second-order valence-electron chi connectivity index (χ2n) is 1.89. The first-order valence-electron chi connectivity index (χ1n) is 3.06. The molecule has 56 valence electrons. The second-order valence-corrected chi connectivity index (χ2v) is 5.33. The number of halogens is 2. The predicted octanol–water partition coefficient (Wildman–Crippen LogP) is 2.92. The Labute approximate surface area is 73.4 Å². The molecule has 1 atom stereocenters. The van der Waals surface area contributed by atoms with Crippen molar-refractivity contribution in [2.75, 3.05) is 6.61 Å². The predicted molar refractivity (Wildman–Crippen MR) is 47.3 cm³/mol. The number of ether oxygens (including phenoxy) is 1. The Morgan fingerprint density at radius 2 is 2.00 bits per heavy atom. The lowest BCUT2D eigenvalue weighted by atomic mass is 10.3. The Balaban J connectivity index is 3.15. The van der Waals surface area contributed by atoms with Gasteiger partial charge in [-0.1, -0.05) is 31.9 Å². The summed E-state index contributed by atoms with van der Waals surface area (Å²) in [5.74, 6) is 0. The molecular weight excluding hydrogens is 248 g/mol. The fraction of sp³-hybridized carbons (Fsp3) is 1.00. The zero-order chi connectivity index (χ0) is 7.28. The van der Waals surface area contributed by atoms with Crippen LogP contribution >= 0.6 is 31.9 Å². The van der Waals surface area contributed by atoms with Crippen LogP contribution in [-0.4, -0.2) is 16.4 Å². The summed E-state index contributed by atoms with van der Waals surface area (Å²) in [4.78, 5) is 0. The van der Waals surface area contributed by atoms with Crippen molar-refractivity contribution in [3.63, 3.8) is 0 Å². The molecule has 0 fully saturated rings. The molecule has 0 aliphatic rings. The number of rotatable bonds is 4. The van der Waals surface area contributed by atoms with E-state index >= 15 is 0 Å². The molecule has 1 unspecified atom stereocenters. The Hall–Kier alpha value is 0.920. The molecule has 0 aliphatic carbocycles. The van der Waals surface area contributed by atoms with Crippen molar-refractivity contribution in [2.24, 2.45) is 0 Å². The first-order valence-corrected chi connectivity index (χ1v) is 4.89. The van der Waals surface area contributed by atoms with E-state index in [0.29, 0.717) is 9.84 Å². The van der Waals surface area contributed by atoms with Gasteiger partial charge in [0.25, 0.3) is 0 Å². The maximum Gasteiger partial charge on any atom is 0.0722 e. The van der Waals surface area contributed by atoms with Gasteiger partial charge < -0.3 is 4.74 Å². The molecule has 0 aromatic heterocycles. The van der Waals surface area contributed by atoms with Crippen LogP contribution in [0.25, 0.3) is 0 Å². The van der Waals surface area contributed by atoms with Gasteiger partial charge in [0.15, 0.2) is 0 Å². The highest BCUT2D eigenvalue weighted by Gasteiger charge is 2.05. The molecule has 0 radical (unpaired) electrons. The summed E-state index contributed by atoms with van der Waals surface area (Å²) in [5, 5.41) is 0. The molecule has 0 spiro atoms. The lowest BCUT2D eigenvalue weighted by Gasteiger charge is -2.10. The van der Waals surface area contributed by atoms with Gasteiger partial charge in [-0.15, -0.1) is 0 Å². The molecule has 0 N–H and O–H groups in total. The topological polar surface area (TPSA) is 9.23 Å². The summed E-state index contributed by atoms with van der Waals surface area (Å²) in [5.41, 5.74) is 0. The van der Waals surface area contributed by atoms with Crippen LogP contribution in [0.3, 0.4) is 0 Å². The van der Waals surface area contributed by atoms with E-state index in [1.165, 1.54) is 0 Å². The van der Waals surface area contributed by atoms with Crippen LogP contribution < -0.4 is 0 Å². The molecule has 1 nitrogen and oxygen atoms in total. The fourth-order valence-corrected chi connectivity index (χ4v) is 1.66. The Kier molecular flexibility index (Phi) is 6.27. The number of hydrogen-bond donors (Lipinski definition) is 0. The van der Waals surface area contributed by atoms with E-state index in [-0.39, 0.29) is 0 Å². The van der Waals surface area contributed by atoms with Crippen molar-refractivity contribution < 1.29 is 4.74 Å². The third kappa shape index (κ3) is 6.81. The minimum Gasteiger partial charge on any atom is -0.379 e. The molecule has 0 aliphatic heterocycles. The van der Waals surface area contributed by atoms with E-state index in [2.05, 4.69) is 38.8 Å². The summed E-state index contributed by atoms with van der Waals surface area (Å²) in [6.45, 7) is 4.88. The van der Waals surface area contributed by atoms with Gasteiger partial charge >= 0.3 is 0 Å². The summed E-state index contributed by atoms with van der Waals surface area (Å²) in [7, 11) is 0. The summed E-state index contributed by atoms with van der Waals surface area (Å²) in [6, 6.07) is 0. The van der Waals surface area contributed by atoms with Gasteiger partial charge in [0.1, 0.15) is 0 Å². The van der Waals surface area contributed by atoms with Gasteiger partial charge in [-0.3, -0.25) is 0 Å². The Bertz CT molecular complexity index is 66.1. The van der Waals surface area contributed by atoms with Crippen molar-refractivity contribution in [2.45, 2.75) is 30.1 Å². The molecule has 0 bridgehead atoms. The van der Waals surface area contributed by atoms with Gasteiger partial charge in [-0.2, -0.15) is 0 Å². The molecular formula is C6H12Br2O. The summed E-state index contributed by atoms with van der Waals surface area (Å²) in [6.07, 6.45) is 1.35. The molecule has 0 aromatic carbocycles. The number of alkyl halides is 2. The highest BCUT2D eigenvalue weighted by atomic mass is 79.9. The Morgan fingerprint density at radius 1 is 1.44 bits per heavy atom.